The molecule has 4 rings (SSSR count). The number of imidazole rings is 1. The van der Waals surface area contributed by atoms with Gasteiger partial charge in [-0.1, -0.05) is 6.08 Å². The normalized spacial score (nSPS) is 21.2. The lowest BCUT2D eigenvalue weighted by molar-refractivity contribution is -0.137. The standard InChI is InChI=1S/C23H28N8O7S/c1-4-10-30(3)39(36,37)14-8-6-13(7-9-14)28-23(35)29-19-15-20(26-11-25-19)31(12-27-15)22-17(33)16(32)18(38-22)21(34)24-5-2/h4,6-9,11-12,16-18,22,32-33H,1,5,10H2,2-3H3,(H,24,34)(H2,25,26,28,29,35)/t16?,17-,18-,22+/m0/s1. The number of aliphatic hydroxyl groups excluding tert-OH is 2. The second-order valence-electron chi connectivity index (χ2n) is 8.55. The number of carbonyl (C=O) groups is 2. The molecule has 2 aromatic heterocycles. The van der Waals surface area contributed by atoms with Crippen molar-refractivity contribution in [2.75, 3.05) is 30.8 Å². The van der Waals surface area contributed by atoms with Crippen LogP contribution in [0, 0.1) is 0 Å². The van der Waals surface area contributed by atoms with Gasteiger partial charge in [0.1, 0.15) is 18.5 Å². The maximum absolute atomic E-state index is 12.6. The van der Waals surface area contributed by atoms with Crippen LogP contribution >= 0.6 is 0 Å². The lowest BCUT2D eigenvalue weighted by Crippen LogP contribution is -2.42. The van der Waals surface area contributed by atoms with Gasteiger partial charge in [0.05, 0.1) is 11.2 Å². The Bertz CT molecular complexity index is 1480. The molecular formula is C23H28N8O7S. The van der Waals surface area contributed by atoms with E-state index in [4.69, 9.17) is 4.74 Å². The molecule has 1 unspecified atom stereocenters. The zero-order valence-corrected chi connectivity index (χ0v) is 21.9. The molecule has 3 aromatic rings. The summed E-state index contributed by atoms with van der Waals surface area (Å²) in [7, 11) is -2.27. The zero-order chi connectivity index (χ0) is 28.3. The number of likely N-dealkylation sites (N-methyl/N-ethyl adjacent to an activating group) is 2. The summed E-state index contributed by atoms with van der Waals surface area (Å²) in [5.74, 6) is -0.533. The molecule has 0 radical (unpaired) electrons. The number of nitrogens with one attached hydrogen (secondary N) is 3. The molecule has 0 spiro atoms. The number of aliphatic hydroxyl groups is 2. The highest BCUT2D eigenvalue weighted by Gasteiger charge is 2.47. The van der Waals surface area contributed by atoms with E-state index in [1.165, 1.54) is 48.3 Å². The topological polar surface area (TPSA) is 201 Å². The van der Waals surface area contributed by atoms with Gasteiger partial charge in [0.25, 0.3) is 5.91 Å². The molecule has 1 saturated heterocycles. The van der Waals surface area contributed by atoms with E-state index in [0.717, 1.165) is 10.6 Å². The monoisotopic (exact) mass is 560 g/mol. The van der Waals surface area contributed by atoms with Crippen LogP contribution < -0.4 is 16.0 Å². The van der Waals surface area contributed by atoms with E-state index in [0.29, 0.717) is 12.2 Å². The lowest BCUT2D eigenvalue weighted by Gasteiger charge is -2.16. The fraction of sp³-hybridized carbons (Fsp3) is 0.348. The molecule has 15 nitrogen and oxygen atoms in total. The van der Waals surface area contributed by atoms with E-state index in [9.17, 15) is 28.2 Å². The first-order valence-electron chi connectivity index (χ1n) is 11.8. The van der Waals surface area contributed by atoms with Gasteiger partial charge in [-0.25, -0.2) is 28.2 Å². The van der Waals surface area contributed by atoms with Gasteiger partial charge < -0.3 is 25.6 Å². The van der Waals surface area contributed by atoms with Gasteiger partial charge in [0.2, 0.25) is 10.0 Å². The number of hydrogen-bond acceptors (Lipinski definition) is 10. The molecule has 0 bridgehead atoms. The minimum atomic E-state index is -3.70. The molecule has 1 aliphatic heterocycles. The third-order valence-electron chi connectivity index (χ3n) is 5.92. The average Bonchev–Trinajstić information content (AvgIpc) is 3.46. The van der Waals surface area contributed by atoms with E-state index in [-0.39, 0.29) is 28.4 Å². The molecule has 1 fully saturated rings. The van der Waals surface area contributed by atoms with Crippen LogP contribution in [0.5, 0.6) is 0 Å². The van der Waals surface area contributed by atoms with Gasteiger partial charge in [-0.15, -0.1) is 6.58 Å². The molecule has 1 aromatic carbocycles. The first kappa shape index (κ1) is 28.1. The van der Waals surface area contributed by atoms with Gasteiger partial charge in [-0.05, 0) is 31.2 Å². The fourth-order valence-corrected chi connectivity index (χ4v) is 5.09. The highest BCUT2D eigenvalue weighted by Crippen LogP contribution is 2.32. The molecule has 1 aliphatic rings. The number of rotatable bonds is 9. The Hall–Kier alpha value is -3.96. The van der Waals surface area contributed by atoms with E-state index < -0.39 is 46.5 Å². The predicted molar refractivity (Wildman–Crippen MR) is 139 cm³/mol. The molecule has 0 aliphatic carbocycles. The van der Waals surface area contributed by atoms with Crippen LogP contribution in [0.1, 0.15) is 13.2 Å². The summed E-state index contributed by atoms with van der Waals surface area (Å²) >= 11 is 0. The largest absolute Gasteiger partial charge is 0.387 e. The molecule has 4 atom stereocenters. The van der Waals surface area contributed by atoms with Crippen molar-refractivity contribution < 1.29 is 33.0 Å². The predicted octanol–water partition coefficient (Wildman–Crippen LogP) is 0.0321. The summed E-state index contributed by atoms with van der Waals surface area (Å²) < 4.78 is 33.2. The Morgan fingerprint density at radius 1 is 1.15 bits per heavy atom. The second kappa shape index (κ2) is 11.4. The van der Waals surface area contributed by atoms with Crippen molar-refractivity contribution >= 4 is 44.6 Å². The van der Waals surface area contributed by atoms with Crippen molar-refractivity contribution in [3.63, 3.8) is 0 Å². The Labute approximate surface area is 223 Å². The number of urea groups is 1. The highest BCUT2D eigenvalue weighted by molar-refractivity contribution is 7.89. The summed E-state index contributed by atoms with van der Waals surface area (Å²) in [6.07, 6.45) is -1.48. The Kier molecular flexibility index (Phi) is 8.22. The lowest BCUT2D eigenvalue weighted by atomic mass is 10.1. The van der Waals surface area contributed by atoms with Crippen LogP contribution in [0.4, 0.5) is 16.3 Å². The van der Waals surface area contributed by atoms with Crippen LogP contribution in [-0.4, -0.2) is 92.8 Å². The van der Waals surface area contributed by atoms with Gasteiger partial charge in [-0.2, -0.15) is 4.31 Å². The van der Waals surface area contributed by atoms with Crippen LogP contribution in [-0.2, 0) is 19.6 Å². The maximum atomic E-state index is 12.6. The molecule has 39 heavy (non-hydrogen) atoms. The number of benzene rings is 1. The van der Waals surface area contributed by atoms with Crippen molar-refractivity contribution in [2.45, 2.75) is 36.4 Å². The van der Waals surface area contributed by atoms with Crippen LogP contribution in [0.3, 0.4) is 0 Å². The quantitative estimate of drug-likeness (QED) is 0.222. The van der Waals surface area contributed by atoms with Gasteiger partial charge >= 0.3 is 6.03 Å². The summed E-state index contributed by atoms with van der Waals surface area (Å²) in [6, 6.07) is 4.92. The van der Waals surface area contributed by atoms with Crippen molar-refractivity contribution in [3.05, 3.63) is 49.6 Å². The van der Waals surface area contributed by atoms with Crippen LogP contribution in [0.2, 0.25) is 0 Å². The van der Waals surface area contributed by atoms with Gasteiger partial charge in [0, 0.05) is 25.8 Å². The smallest absolute Gasteiger partial charge is 0.324 e. The third kappa shape index (κ3) is 5.59. The van der Waals surface area contributed by atoms with E-state index in [2.05, 4.69) is 37.5 Å². The first-order valence-corrected chi connectivity index (χ1v) is 13.2. The molecule has 0 saturated carbocycles. The van der Waals surface area contributed by atoms with E-state index in [1.54, 1.807) is 6.92 Å². The number of hydrogen-bond donors (Lipinski definition) is 5. The number of fused-ring (bicyclic) bond motifs is 1. The molecule has 16 heteroatoms. The molecule has 5 N–H and O–H groups in total. The van der Waals surface area contributed by atoms with Crippen molar-refractivity contribution in [3.8, 4) is 0 Å². The molecule has 3 heterocycles. The summed E-state index contributed by atoms with van der Waals surface area (Å²) in [5, 5.41) is 28.5. The van der Waals surface area contributed by atoms with Crippen molar-refractivity contribution in [1.82, 2.24) is 29.1 Å². The minimum absolute atomic E-state index is 0.0369. The number of anilines is 2. The average molecular weight is 561 g/mol. The Morgan fingerprint density at radius 3 is 2.54 bits per heavy atom. The van der Waals surface area contributed by atoms with Crippen molar-refractivity contribution in [2.24, 2.45) is 0 Å². The SMILES string of the molecule is C=CCN(C)S(=O)(=O)c1ccc(NC(=O)Nc2ncnc3c2ncn3[C@@H]2O[C@H](C(=O)NCC)C(O)[C@@H]2O)cc1. The fourth-order valence-electron chi connectivity index (χ4n) is 3.95. The Balaban J connectivity index is 1.48. The molecule has 3 amide bonds. The number of ether oxygens (including phenoxy) is 1. The van der Waals surface area contributed by atoms with Crippen LogP contribution in [0.15, 0.2) is 54.5 Å². The number of amides is 3. The van der Waals surface area contributed by atoms with Crippen LogP contribution in [0.25, 0.3) is 11.2 Å². The molecular weight excluding hydrogens is 532 g/mol. The summed E-state index contributed by atoms with van der Waals surface area (Å²) in [6.45, 7) is 5.71. The number of nitrogens with zero attached hydrogens (tertiary/aromatic N) is 5. The van der Waals surface area contributed by atoms with E-state index in [1.807, 2.05) is 0 Å². The number of aromatic nitrogens is 4. The molecule has 208 valence electrons. The number of carbonyl (C=O) groups excluding carboxylic acids is 2. The second-order valence-corrected chi connectivity index (χ2v) is 10.6. The highest BCUT2D eigenvalue weighted by atomic mass is 32.2. The third-order valence-corrected chi connectivity index (χ3v) is 7.76. The van der Waals surface area contributed by atoms with Gasteiger partial charge in [-0.3, -0.25) is 14.7 Å². The first-order chi connectivity index (χ1) is 18.6. The Morgan fingerprint density at radius 2 is 1.87 bits per heavy atom. The van der Waals surface area contributed by atoms with Crippen molar-refractivity contribution in [1.29, 1.82) is 0 Å². The number of sulfonamides is 1. The van der Waals surface area contributed by atoms with Gasteiger partial charge in [0.15, 0.2) is 29.3 Å². The van der Waals surface area contributed by atoms with E-state index >= 15 is 0 Å². The summed E-state index contributed by atoms with van der Waals surface area (Å²) in [4.78, 5) is 37.3. The zero-order valence-electron chi connectivity index (χ0n) is 21.1. The minimum Gasteiger partial charge on any atom is -0.387 e. The maximum Gasteiger partial charge on any atom is 0.324 e. The summed E-state index contributed by atoms with van der Waals surface area (Å²) in [5.41, 5.74) is 0.652.